The third-order valence-electron chi connectivity index (χ3n) is 2.37. The van der Waals surface area contributed by atoms with Crippen LogP contribution in [0.5, 0.6) is 0 Å². The second kappa shape index (κ2) is 31.3. The largest absolute Gasteiger partial charge is 0.390 e. The number of hydrogen-bond donors (Lipinski definition) is 5. The third-order valence-corrected chi connectivity index (χ3v) is 2.37. The van der Waals surface area contributed by atoms with Gasteiger partial charge >= 0.3 is 0 Å². The molecule has 0 fully saturated rings. The molecule has 0 unspecified atom stereocenters. The van der Waals surface area contributed by atoms with Crippen LogP contribution in [0.15, 0.2) is 16.3 Å². The Morgan fingerprint density at radius 3 is 1.72 bits per heavy atom. The Kier molecular flexibility index (Phi) is 39.7. The summed E-state index contributed by atoms with van der Waals surface area (Å²) in [6, 6.07) is 0. The highest BCUT2D eigenvalue weighted by Gasteiger charge is 2.01. The molecule has 1 heterocycles. The van der Waals surface area contributed by atoms with E-state index in [1.807, 2.05) is 38.8 Å². The Bertz CT molecular complexity index is 621. The number of amides is 2. The van der Waals surface area contributed by atoms with Gasteiger partial charge in [0.2, 0.25) is 18.1 Å². The zero-order valence-corrected chi connectivity index (χ0v) is 23.2. The quantitative estimate of drug-likeness (QED) is 0.120. The van der Waals surface area contributed by atoms with Crippen molar-refractivity contribution in [3.63, 3.8) is 0 Å². The van der Waals surface area contributed by atoms with Gasteiger partial charge in [0.1, 0.15) is 5.84 Å². The second-order valence-electron chi connectivity index (χ2n) is 4.97. The standard InChI is InChI=1S/C5H10N3.C4H11N3.C3H7NO.C3H5NO.CH4N2.Cl3P/c1-5-6-8(3)4-7(5)2;1-4(5-2)7-6-3;2*1-3(5)4-2;2-1-3;1-4(2)3/h4H,1-3H3;6H,1-3H3,(H,5,7);1-2H3,(H,4,5);2H2,1H3;1H,(H3,2,3);/q+1;;;;;. The summed E-state index contributed by atoms with van der Waals surface area (Å²) in [5, 5.41) is 12.3. The minimum atomic E-state index is -1.20. The summed E-state index contributed by atoms with van der Waals surface area (Å²) in [5.74, 6) is 0.495. The first-order valence-electron chi connectivity index (χ1n) is 8.56. The third kappa shape index (κ3) is 56.6. The number of nitrogens with two attached hydrogens (primary N) is 1. The lowest BCUT2D eigenvalue weighted by atomic mass is 10.7. The molecule has 1 aromatic rings. The molecule has 6 N–H and O–H groups in total. The molecule has 1 rings (SSSR count). The zero-order valence-electron chi connectivity index (χ0n) is 20.1. The van der Waals surface area contributed by atoms with Crippen molar-refractivity contribution in [1.82, 2.24) is 25.9 Å². The smallest absolute Gasteiger partial charge is 0.274 e. The maximum Gasteiger partial charge on any atom is 0.274 e. The van der Waals surface area contributed by atoms with Crippen molar-refractivity contribution in [2.24, 2.45) is 29.8 Å². The van der Waals surface area contributed by atoms with Gasteiger partial charge in [-0.25, -0.2) is 15.0 Å². The molecule has 0 saturated carbocycles. The number of carbonyl (C=O) groups excluding carboxylic acids is 2. The second-order valence-corrected chi connectivity index (χ2v) is 9.96. The molecule has 0 aliphatic carbocycles. The molecular formula is C16H37Cl3N10O2P+. The van der Waals surface area contributed by atoms with Crippen molar-refractivity contribution < 1.29 is 14.2 Å². The van der Waals surface area contributed by atoms with Gasteiger partial charge in [-0.15, -0.1) is 4.68 Å². The molecule has 16 heteroatoms. The van der Waals surface area contributed by atoms with E-state index in [4.69, 9.17) is 39.1 Å². The lowest BCUT2D eigenvalue weighted by molar-refractivity contribution is -0.678. The van der Waals surface area contributed by atoms with Crippen LogP contribution in [0.3, 0.4) is 0 Å². The van der Waals surface area contributed by atoms with E-state index in [1.165, 1.54) is 13.8 Å². The van der Waals surface area contributed by atoms with Crippen LogP contribution in [0.25, 0.3) is 0 Å². The molecule has 2 amide bonds. The van der Waals surface area contributed by atoms with Crippen LogP contribution >= 0.6 is 39.7 Å². The normalized spacial score (nSPS) is 8.59. The van der Waals surface area contributed by atoms with Crippen molar-refractivity contribution >= 4 is 70.4 Å². The summed E-state index contributed by atoms with van der Waals surface area (Å²) in [6.07, 6.45) is 2.68. The number of aliphatic imine (C=N–C) groups is 2. The fourth-order valence-corrected chi connectivity index (χ4v) is 0.896. The summed E-state index contributed by atoms with van der Waals surface area (Å²) in [4.78, 5) is 26.1. The van der Waals surface area contributed by atoms with E-state index in [1.54, 1.807) is 25.8 Å². The van der Waals surface area contributed by atoms with E-state index in [9.17, 15) is 9.59 Å². The molecule has 0 aliphatic rings. The van der Waals surface area contributed by atoms with Crippen LogP contribution in [-0.2, 0) is 23.7 Å². The Hall–Kier alpha value is -1.85. The average molecular weight is 539 g/mol. The minimum absolute atomic E-state index is 0.00463. The zero-order chi connectivity index (χ0) is 26.7. The molecule has 0 spiro atoms. The Balaban J connectivity index is -0.0000000941. The first-order chi connectivity index (χ1) is 14.7. The molecule has 0 aromatic carbocycles. The first-order valence-corrected chi connectivity index (χ1v) is 12.6. The summed E-state index contributed by atoms with van der Waals surface area (Å²) in [7, 11) is 9.02. The lowest BCUT2D eigenvalue weighted by Crippen LogP contribution is -2.31. The highest BCUT2D eigenvalue weighted by atomic mass is 36.0. The summed E-state index contributed by atoms with van der Waals surface area (Å²) in [5.41, 5.74) is 9.92. The fourth-order valence-electron chi connectivity index (χ4n) is 0.896. The summed E-state index contributed by atoms with van der Waals surface area (Å²) >= 11 is 14.6. The number of halogens is 3. The Labute approximate surface area is 206 Å². The van der Waals surface area contributed by atoms with Crippen LogP contribution in [0, 0.1) is 12.3 Å². The number of rotatable bonds is 1. The summed E-state index contributed by atoms with van der Waals surface area (Å²) < 4.78 is 3.76. The Morgan fingerprint density at radius 2 is 1.66 bits per heavy atom. The van der Waals surface area contributed by atoms with E-state index in [-0.39, 0.29) is 11.8 Å². The van der Waals surface area contributed by atoms with Crippen molar-refractivity contribution in [2.45, 2.75) is 27.7 Å². The number of aryl methyl sites for hydroxylation is 3. The van der Waals surface area contributed by atoms with Crippen LogP contribution in [-0.4, -0.2) is 61.6 Å². The SMILES string of the molecule is C=NC(C)=O.CN=C(C)NNC.CNC(C)=O.Cc1nn(C)c[n+]1C.ClP(Cl)Cl.N=CN. The fraction of sp³-hybridized carbons (Fsp3) is 0.562. The van der Waals surface area contributed by atoms with Crippen molar-refractivity contribution in [3.05, 3.63) is 12.2 Å². The average Bonchev–Trinajstić information content (AvgIpc) is 2.98. The highest BCUT2D eigenvalue weighted by Crippen LogP contribution is 2.51. The van der Waals surface area contributed by atoms with Gasteiger partial charge in [-0.3, -0.25) is 20.0 Å². The van der Waals surface area contributed by atoms with Gasteiger partial charge in [-0.05, 0) is 13.6 Å². The molecule has 188 valence electrons. The highest BCUT2D eigenvalue weighted by molar-refractivity contribution is 8.20. The van der Waals surface area contributed by atoms with Crippen LogP contribution < -0.4 is 26.5 Å². The van der Waals surface area contributed by atoms with Crippen LogP contribution in [0.1, 0.15) is 26.6 Å². The van der Waals surface area contributed by atoms with Crippen LogP contribution in [0.2, 0.25) is 0 Å². The van der Waals surface area contributed by atoms with Gasteiger partial charge in [0.05, 0.1) is 20.4 Å². The number of hydrazine groups is 1. The predicted molar refractivity (Wildman–Crippen MR) is 138 cm³/mol. The Morgan fingerprint density at radius 1 is 1.31 bits per heavy atom. The molecule has 0 aliphatic heterocycles. The maximum absolute atomic E-state index is 9.70. The van der Waals surface area contributed by atoms with E-state index < -0.39 is 5.98 Å². The molecule has 0 saturated heterocycles. The predicted octanol–water partition coefficient (Wildman–Crippen LogP) is 1.78. The lowest BCUT2D eigenvalue weighted by Gasteiger charge is -1.98. The van der Waals surface area contributed by atoms with E-state index in [2.05, 4.69) is 43.7 Å². The topological polar surface area (TPSA) is 167 Å². The van der Waals surface area contributed by atoms with Gasteiger partial charge in [0.15, 0.2) is 5.98 Å². The van der Waals surface area contributed by atoms with E-state index >= 15 is 0 Å². The molecule has 0 atom stereocenters. The van der Waals surface area contributed by atoms with Crippen LogP contribution in [0.4, 0.5) is 0 Å². The number of carbonyl (C=O) groups is 2. The number of aromatic nitrogens is 3. The summed E-state index contributed by atoms with van der Waals surface area (Å²) in [6.45, 7) is 9.64. The van der Waals surface area contributed by atoms with E-state index in [0.717, 1.165) is 18.0 Å². The van der Waals surface area contributed by atoms with Crippen molar-refractivity contribution in [2.75, 3.05) is 21.1 Å². The maximum atomic E-state index is 9.70. The monoisotopic (exact) mass is 537 g/mol. The number of amidine groups is 1. The molecule has 1 aromatic heterocycles. The molecule has 0 radical (unpaired) electrons. The van der Waals surface area contributed by atoms with E-state index in [0.29, 0.717) is 0 Å². The van der Waals surface area contributed by atoms with Crippen molar-refractivity contribution in [3.8, 4) is 0 Å². The molecule has 32 heavy (non-hydrogen) atoms. The van der Waals surface area contributed by atoms with Gasteiger partial charge in [0.25, 0.3) is 5.82 Å². The van der Waals surface area contributed by atoms with Crippen molar-refractivity contribution in [1.29, 1.82) is 5.41 Å². The number of hydrogen-bond acceptors (Lipinski definition) is 6. The first kappa shape index (κ1) is 40.5. The minimum Gasteiger partial charge on any atom is -0.390 e. The molecular weight excluding hydrogens is 502 g/mol. The molecule has 0 bridgehead atoms. The van der Waals surface area contributed by atoms with Gasteiger partial charge < -0.3 is 16.5 Å². The van der Waals surface area contributed by atoms with Gasteiger partial charge in [0, 0.05) is 47.0 Å². The van der Waals surface area contributed by atoms with Gasteiger partial charge in [-0.2, -0.15) is 0 Å². The number of nitrogens with one attached hydrogen (secondary N) is 4. The van der Waals surface area contributed by atoms with Gasteiger partial charge in [-0.1, -0.05) is 33.7 Å². The molecule has 12 nitrogen and oxygen atoms in total. The number of nitrogens with zero attached hydrogens (tertiary/aromatic N) is 5.